The molecule has 0 aromatic carbocycles. The summed E-state index contributed by atoms with van der Waals surface area (Å²) < 4.78 is 55.9. The highest BCUT2D eigenvalue weighted by molar-refractivity contribution is 6.74. The minimum atomic E-state index is -2.99. The van der Waals surface area contributed by atoms with Crippen molar-refractivity contribution in [3.63, 3.8) is 0 Å². The van der Waals surface area contributed by atoms with Crippen LogP contribution >= 0.6 is 0 Å². The van der Waals surface area contributed by atoms with Crippen LogP contribution in [0.2, 0.25) is 18.1 Å². The number of hydrogen-bond donors (Lipinski definition) is 1. The molecule has 0 aromatic rings. The average molecular weight is 689 g/mol. The van der Waals surface area contributed by atoms with Crippen LogP contribution in [0.5, 0.6) is 0 Å². The van der Waals surface area contributed by atoms with Gasteiger partial charge in [-0.3, -0.25) is 4.79 Å². The fraction of sp³-hybridized carbons (Fsp3) is 0.921. The zero-order valence-corrected chi connectivity index (χ0v) is 32.2. The number of aliphatic hydroxyl groups is 1. The van der Waals surface area contributed by atoms with Gasteiger partial charge in [-0.15, -0.1) is 0 Å². The number of halogens is 2. The normalized spacial score (nSPS) is 25.1. The van der Waals surface area contributed by atoms with Gasteiger partial charge in [-0.05, 0) is 76.4 Å². The van der Waals surface area contributed by atoms with E-state index in [9.17, 15) is 9.90 Å². The number of aliphatic hydroxyl groups excluding tert-OH is 1. The predicted molar refractivity (Wildman–Crippen MR) is 189 cm³/mol. The number of esters is 1. The Balaban J connectivity index is 2.13. The molecule has 1 saturated carbocycles. The number of hydrogen-bond acceptors (Lipinski definition) is 6. The third-order valence-corrected chi connectivity index (χ3v) is 14.9. The number of carbonyl (C=O) groups excluding carboxylic acids is 1. The lowest BCUT2D eigenvalue weighted by molar-refractivity contribution is -0.193. The first kappa shape index (κ1) is 42.3. The third kappa shape index (κ3) is 15.3. The van der Waals surface area contributed by atoms with Crippen LogP contribution in [0, 0.1) is 11.8 Å². The van der Waals surface area contributed by atoms with E-state index in [0.29, 0.717) is 25.9 Å². The van der Waals surface area contributed by atoms with Crippen LogP contribution in [0.1, 0.15) is 151 Å². The summed E-state index contributed by atoms with van der Waals surface area (Å²) in [5, 5.41) is 11.1. The van der Waals surface area contributed by atoms with E-state index in [1.165, 1.54) is 0 Å². The molecule has 0 radical (unpaired) electrons. The van der Waals surface area contributed by atoms with E-state index in [1.54, 1.807) is 6.08 Å². The summed E-state index contributed by atoms with van der Waals surface area (Å²) in [7, 11) is -2.50. The molecular weight excluding hydrogens is 618 g/mol. The molecule has 1 heterocycles. The van der Waals surface area contributed by atoms with E-state index < -0.39 is 26.4 Å². The van der Waals surface area contributed by atoms with Gasteiger partial charge in [0.2, 0.25) is 0 Å². The smallest absolute Gasteiger partial charge is 0.306 e. The molecule has 6 nitrogen and oxygen atoms in total. The van der Waals surface area contributed by atoms with Crippen molar-refractivity contribution in [2.24, 2.45) is 11.8 Å². The Hall–Kier alpha value is -0.873. The number of unbranched alkanes of at least 4 members (excludes halogenated alkanes) is 8. The van der Waals surface area contributed by atoms with Crippen LogP contribution in [0.15, 0.2) is 12.2 Å². The molecule has 1 N–H and O–H groups in total. The highest BCUT2D eigenvalue weighted by atomic mass is 28.4. The fourth-order valence-electron chi connectivity index (χ4n) is 6.51. The monoisotopic (exact) mass is 688 g/mol. The number of ether oxygens (including phenoxy) is 3. The summed E-state index contributed by atoms with van der Waals surface area (Å²) in [5.41, 5.74) is 0. The summed E-state index contributed by atoms with van der Waals surface area (Å²) in [6, 6.07) is 0. The van der Waals surface area contributed by atoms with Gasteiger partial charge < -0.3 is 23.7 Å². The molecule has 47 heavy (non-hydrogen) atoms. The molecule has 0 amide bonds. The van der Waals surface area contributed by atoms with Gasteiger partial charge in [0.1, 0.15) is 6.10 Å². The summed E-state index contributed by atoms with van der Waals surface area (Å²) in [4.78, 5) is 11.8. The Morgan fingerprint density at radius 3 is 2.28 bits per heavy atom. The Morgan fingerprint density at radius 2 is 1.66 bits per heavy atom. The molecule has 0 bridgehead atoms. The minimum Gasteiger partial charge on any atom is -0.463 e. The maximum absolute atomic E-state index is 15.9. The van der Waals surface area contributed by atoms with Crippen molar-refractivity contribution in [1.82, 2.24) is 0 Å². The quantitative estimate of drug-likeness (QED) is 0.0528. The minimum absolute atomic E-state index is 0.0719. The summed E-state index contributed by atoms with van der Waals surface area (Å²) >= 11 is 0. The highest BCUT2D eigenvalue weighted by Crippen LogP contribution is 2.43. The molecule has 2 aliphatic rings. The van der Waals surface area contributed by atoms with Crippen LogP contribution in [-0.2, 0) is 23.4 Å². The van der Waals surface area contributed by atoms with Crippen LogP contribution in [-0.4, -0.2) is 62.6 Å². The first-order valence-electron chi connectivity index (χ1n) is 19.0. The van der Waals surface area contributed by atoms with Gasteiger partial charge in [0, 0.05) is 31.8 Å². The van der Waals surface area contributed by atoms with Gasteiger partial charge in [-0.1, -0.05) is 91.2 Å². The van der Waals surface area contributed by atoms with Gasteiger partial charge in [-0.25, -0.2) is 8.78 Å². The van der Waals surface area contributed by atoms with Crippen molar-refractivity contribution in [2.75, 3.05) is 6.61 Å². The third-order valence-electron chi connectivity index (χ3n) is 10.4. The van der Waals surface area contributed by atoms with Crippen LogP contribution in [0.25, 0.3) is 0 Å². The SMILES string of the molecule is CCCCCCC(F)(F)C(/C=C/[C@H]1C(OC2CCCCO2)CC(O)C1CCCCCCCCC(=O)OC(C)C)O[Si](C)(C)C(C)(C)C. The van der Waals surface area contributed by atoms with Gasteiger partial charge in [0.15, 0.2) is 14.6 Å². The van der Waals surface area contributed by atoms with E-state index >= 15 is 8.78 Å². The van der Waals surface area contributed by atoms with Crippen LogP contribution in [0.4, 0.5) is 8.78 Å². The Bertz CT molecular complexity index is 899. The predicted octanol–water partition coefficient (Wildman–Crippen LogP) is 10.5. The number of alkyl halides is 2. The van der Waals surface area contributed by atoms with Gasteiger partial charge in [-0.2, -0.15) is 0 Å². The summed E-state index contributed by atoms with van der Waals surface area (Å²) in [6.07, 6.45) is 14.6. The maximum atomic E-state index is 15.9. The van der Waals surface area contributed by atoms with E-state index in [4.69, 9.17) is 18.6 Å². The molecule has 0 aromatic heterocycles. The van der Waals surface area contributed by atoms with Gasteiger partial charge in [0.25, 0.3) is 5.92 Å². The Kier molecular flexibility index (Phi) is 18.6. The van der Waals surface area contributed by atoms with Crippen LogP contribution in [0.3, 0.4) is 0 Å². The number of carbonyl (C=O) groups is 1. The van der Waals surface area contributed by atoms with Crippen molar-refractivity contribution in [3.05, 3.63) is 12.2 Å². The van der Waals surface area contributed by atoms with Gasteiger partial charge >= 0.3 is 5.97 Å². The lowest BCUT2D eigenvalue weighted by Gasteiger charge is -2.40. The summed E-state index contributed by atoms with van der Waals surface area (Å²) in [6.45, 7) is 16.8. The molecule has 1 saturated heterocycles. The Labute approximate surface area is 287 Å². The molecule has 0 spiro atoms. The lowest BCUT2D eigenvalue weighted by Crippen LogP contribution is -2.48. The molecule has 6 atom stereocenters. The first-order chi connectivity index (χ1) is 22.1. The fourth-order valence-corrected chi connectivity index (χ4v) is 7.75. The van der Waals surface area contributed by atoms with Crippen molar-refractivity contribution in [1.29, 1.82) is 0 Å². The number of rotatable bonds is 22. The standard InChI is InChI=1S/C38H70F2O6Si/c1-9-10-11-19-26-38(39,40)34(46-47(7,8)37(4,5)6)25-24-31-30(32(41)28-33(31)45-36-23-18-20-27-43-36)21-16-14-12-13-15-17-22-35(42)44-29(2)3/h24-25,29-34,36,41H,9-23,26-28H2,1-8H3/b25-24+/t30?,31-,32?,33?,34?,36?/m1/s1. The second kappa shape index (κ2) is 20.7. The van der Waals surface area contributed by atoms with E-state index in [1.807, 2.05) is 33.0 Å². The topological polar surface area (TPSA) is 74.2 Å². The second-order valence-corrected chi connectivity index (χ2v) is 20.7. The Morgan fingerprint density at radius 1 is 1.00 bits per heavy atom. The van der Waals surface area contributed by atoms with E-state index in [0.717, 1.165) is 83.5 Å². The van der Waals surface area contributed by atoms with Crippen LogP contribution < -0.4 is 0 Å². The lowest BCUT2D eigenvalue weighted by atomic mass is 9.87. The second-order valence-electron chi connectivity index (χ2n) is 16.0. The molecule has 1 aliphatic carbocycles. The molecule has 9 heteroatoms. The van der Waals surface area contributed by atoms with Crippen molar-refractivity contribution >= 4 is 14.3 Å². The van der Waals surface area contributed by atoms with Crippen molar-refractivity contribution in [3.8, 4) is 0 Å². The molecule has 1 aliphatic heterocycles. The van der Waals surface area contributed by atoms with Crippen molar-refractivity contribution in [2.45, 2.75) is 205 Å². The van der Waals surface area contributed by atoms with E-state index in [-0.39, 0.29) is 47.8 Å². The molecular formula is C38H70F2O6Si. The zero-order chi connectivity index (χ0) is 35.1. The molecule has 5 unspecified atom stereocenters. The molecule has 2 fully saturated rings. The maximum Gasteiger partial charge on any atom is 0.306 e. The molecule has 2 rings (SSSR count). The summed E-state index contributed by atoms with van der Waals surface area (Å²) in [5.74, 6) is -3.38. The zero-order valence-electron chi connectivity index (χ0n) is 31.2. The first-order valence-corrected chi connectivity index (χ1v) is 21.9. The van der Waals surface area contributed by atoms with E-state index in [2.05, 4.69) is 27.7 Å². The van der Waals surface area contributed by atoms with Crippen molar-refractivity contribution < 1.29 is 37.3 Å². The highest BCUT2D eigenvalue weighted by Gasteiger charge is 2.47. The molecule has 276 valence electrons. The largest absolute Gasteiger partial charge is 0.463 e. The average Bonchev–Trinajstić information content (AvgIpc) is 3.27. The van der Waals surface area contributed by atoms with Gasteiger partial charge in [0.05, 0.1) is 18.3 Å².